The van der Waals surface area contributed by atoms with Gasteiger partial charge in [0.15, 0.2) is 0 Å². The Morgan fingerprint density at radius 2 is 2.05 bits per heavy atom. The van der Waals surface area contributed by atoms with Crippen LogP contribution in [0, 0.1) is 0 Å². The van der Waals surface area contributed by atoms with Crippen molar-refractivity contribution >= 4 is 17.3 Å². The van der Waals surface area contributed by atoms with E-state index in [2.05, 4.69) is 47.2 Å². The fourth-order valence-corrected chi connectivity index (χ4v) is 2.49. The Labute approximate surface area is 132 Å². The number of hydrogen-bond donors (Lipinski definition) is 1. The number of aromatic nitrogens is 1. The smallest absolute Gasteiger partial charge is 0.0642 e. The Morgan fingerprint density at radius 1 is 1.24 bits per heavy atom. The summed E-state index contributed by atoms with van der Waals surface area (Å²) in [6.07, 6.45) is 3.67. The Hall–Kier alpha value is -1.58. The molecule has 2 rings (SSSR count). The highest BCUT2D eigenvalue weighted by molar-refractivity contribution is 6.33. The van der Waals surface area contributed by atoms with Gasteiger partial charge in [-0.2, -0.15) is 0 Å². The number of nitrogens with one attached hydrogen (secondary N) is 1. The summed E-state index contributed by atoms with van der Waals surface area (Å²) in [5.41, 5.74) is 3.41. The summed E-state index contributed by atoms with van der Waals surface area (Å²) < 4.78 is 0. The van der Waals surface area contributed by atoms with E-state index in [1.54, 1.807) is 6.20 Å². The SMILES string of the molecule is CC(C)NCc1ccc(N(C)Cc2cccnc2)c(Cl)c1. The van der Waals surface area contributed by atoms with E-state index < -0.39 is 0 Å². The first-order valence-electron chi connectivity index (χ1n) is 7.18. The quantitative estimate of drug-likeness (QED) is 0.878. The van der Waals surface area contributed by atoms with Crippen LogP contribution in [0.3, 0.4) is 0 Å². The van der Waals surface area contributed by atoms with Gasteiger partial charge in [-0.3, -0.25) is 4.98 Å². The lowest BCUT2D eigenvalue weighted by Crippen LogP contribution is -2.22. The number of halogens is 1. The second kappa shape index (κ2) is 7.43. The van der Waals surface area contributed by atoms with Crippen LogP contribution in [0.1, 0.15) is 25.0 Å². The predicted octanol–water partition coefficient (Wildman–Crippen LogP) is 3.87. The van der Waals surface area contributed by atoms with E-state index in [-0.39, 0.29) is 0 Å². The average Bonchev–Trinajstić information content (AvgIpc) is 2.46. The van der Waals surface area contributed by atoms with Crippen molar-refractivity contribution in [1.29, 1.82) is 0 Å². The summed E-state index contributed by atoms with van der Waals surface area (Å²) in [6.45, 7) is 5.90. The highest BCUT2D eigenvalue weighted by Crippen LogP contribution is 2.27. The van der Waals surface area contributed by atoms with Gasteiger partial charge in [-0.25, -0.2) is 0 Å². The van der Waals surface area contributed by atoms with Gasteiger partial charge in [0, 0.05) is 38.6 Å². The lowest BCUT2D eigenvalue weighted by Gasteiger charge is -2.21. The molecule has 0 saturated carbocycles. The van der Waals surface area contributed by atoms with Crippen LogP contribution >= 0.6 is 11.6 Å². The number of anilines is 1. The van der Waals surface area contributed by atoms with E-state index >= 15 is 0 Å². The lowest BCUT2D eigenvalue weighted by molar-refractivity contribution is 0.589. The van der Waals surface area contributed by atoms with Crippen molar-refractivity contribution in [3.05, 3.63) is 58.9 Å². The zero-order valence-corrected chi connectivity index (χ0v) is 13.6. The maximum Gasteiger partial charge on any atom is 0.0642 e. The zero-order valence-electron chi connectivity index (χ0n) is 12.8. The maximum atomic E-state index is 6.42. The van der Waals surface area contributed by atoms with E-state index in [1.807, 2.05) is 25.4 Å². The summed E-state index contributed by atoms with van der Waals surface area (Å²) in [6, 6.07) is 10.7. The molecule has 1 aromatic carbocycles. The molecule has 0 bridgehead atoms. The molecule has 0 radical (unpaired) electrons. The van der Waals surface area contributed by atoms with Crippen LogP contribution < -0.4 is 10.2 Å². The summed E-state index contributed by atoms with van der Waals surface area (Å²) in [4.78, 5) is 6.28. The summed E-state index contributed by atoms with van der Waals surface area (Å²) in [7, 11) is 2.04. The molecule has 0 aliphatic rings. The largest absolute Gasteiger partial charge is 0.369 e. The molecule has 112 valence electrons. The van der Waals surface area contributed by atoms with Crippen molar-refractivity contribution in [2.24, 2.45) is 0 Å². The normalized spacial score (nSPS) is 10.9. The number of pyridine rings is 1. The fraction of sp³-hybridized carbons (Fsp3) is 0.353. The number of hydrogen-bond acceptors (Lipinski definition) is 3. The minimum atomic E-state index is 0.469. The molecule has 1 aromatic heterocycles. The molecule has 0 amide bonds. The van der Waals surface area contributed by atoms with E-state index in [9.17, 15) is 0 Å². The van der Waals surface area contributed by atoms with Crippen LogP contribution in [0.2, 0.25) is 5.02 Å². The number of benzene rings is 1. The molecular formula is C17H22ClN3. The molecule has 2 aromatic rings. The topological polar surface area (TPSA) is 28.2 Å². The first-order valence-corrected chi connectivity index (χ1v) is 7.56. The van der Waals surface area contributed by atoms with Crippen molar-refractivity contribution in [1.82, 2.24) is 10.3 Å². The minimum absolute atomic E-state index is 0.469. The highest BCUT2D eigenvalue weighted by atomic mass is 35.5. The molecule has 0 unspecified atom stereocenters. The maximum absolute atomic E-state index is 6.42. The minimum Gasteiger partial charge on any atom is -0.369 e. The Bertz CT molecular complexity index is 570. The van der Waals surface area contributed by atoms with Gasteiger partial charge in [0.1, 0.15) is 0 Å². The van der Waals surface area contributed by atoms with Crippen LogP contribution in [0.4, 0.5) is 5.69 Å². The summed E-state index contributed by atoms with van der Waals surface area (Å²) in [5, 5.41) is 4.18. The van der Waals surface area contributed by atoms with Gasteiger partial charge in [0.05, 0.1) is 10.7 Å². The van der Waals surface area contributed by atoms with E-state index in [0.29, 0.717) is 6.04 Å². The van der Waals surface area contributed by atoms with Crippen LogP contribution in [0.5, 0.6) is 0 Å². The van der Waals surface area contributed by atoms with Crippen molar-refractivity contribution in [2.75, 3.05) is 11.9 Å². The average molecular weight is 304 g/mol. The lowest BCUT2D eigenvalue weighted by atomic mass is 10.1. The van der Waals surface area contributed by atoms with Crippen LogP contribution in [0.25, 0.3) is 0 Å². The van der Waals surface area contributed by atoms with E-state index in [1.165, 1.54) is 11.1 Å². The van der Waals surface area contributed by atoms with Crippen LogP contribution in [-0.4, -0.2) is 18.1 Å². The first-order chi connectivity index (χ1) is 10.1. The Balaban J connectivity index is 2.06. The highest BCUT2D eigenvalue weighted by Gasteiger charge is 2.08. The molecule has 0 aliphatic heterocycles. The van der Waals surface area contributed by atoms with Gasteiger partial charge in [-0.1, -0.05) is 37.6 Å². The van der Waals surface area contributed by atoms with Crippen molar-refractivity contribution in [3.8, 4) is 0 Å². The number of rotatable bonds is 6. The first kappa shape index (κ1) is 15.8. The summed E-state index contributed by atoms with van der Waals surface area (Å²) >= 11 is 6.42. The molecule has 0 atom stereocenters. The number of nitrogens with zero attached hydrogens (tertiary/aromatic N) is 2. The van der Waals surface area contributed by atoms with Gasteiger partial charge in [0.2, 0.25) is 0 Å². The predicted molar refractivity (Wildman–Crippen MR) is 89.8 cm³/mol. The van der Waals surface area contributed by atoms with Crippen molar-refractivity contribution < 1.29 is 0 Å². The molecule has 0 spiro atoms. The van der Waals surface area contributed by atoms with Gasteiger partial charge in [-0.15, -0.1) is 0 Å². The zero-order chi connectivity index (χ0) is 15.2. The molecule has 0 fully saturated rings. The fourth-order valence-electron chi connectivity index (χ4n) is 2.14. The van der Waals surface area contributed by atoms with Gasteiger partial charge < -0.3 is 10.2 Å². The second-order valence-corrected chi connectivity index (χ2v) is 5.95. The van der Waals surface area contributed by atoms with Crippen LogP contribution in [-0.2, 0) is 13.1 Å². The van der Waals surface area contributed by atoms with E-state index in [0.717, 1.165) is 23.8 Å². The Kier molecular flexibility index (Phi) is 5.59. The van der Waals surface area contributed by atoms with Crippen molar-refractivity contribution in [2.45, 2.75) is 33.0 Å². The molecule has 4 heteroatoms. The molecular weight excluding hydrogens is 282 g/mol. The molecule has 0 saturated heterocycles. The van der Waals surface area contributed by atoms with Gasteiger partial charge >= 0.3 is 0 Å². The second-order valence-electron chi connectivity index (χ2n) is 5.54. The van der Waals surface area contributed by atoms with Gasteiger partial charge in [-0.05, 0) is 29.3 Å². The van der Waals surface area contributed by atoms with Crippen molar-refractivity contribution in [3.63, 3.8) is 0 Å². The molecule has 1 heterocycles. The molecule has 21 heavy (non-hydrogen) atoms. The molecule has 3 nitrogen and oxygen atoms in total. The van der Waals surface area contributed by atoms with E-state index in [4.69, 9.17) is 11.6 Å². The molecule has 1 N–H and O–H groups in total. The Morgan fingerprint density at radius 3 is 2.67 bits per heavy atom. The van der Waals surface area contributed by atoms with Crippen LogP contribution in [0.15, 0.2) is 42.7 Å². The standard InChI is InChI=1S/C17H22ClN3/c1-13(2)20-11-14-6-7-17(16(18)9-14)21(3)12-15-5-4-8-19-10-15/h4-10,13,20H,11-12H2,1-3H3. The summed E-state index contributed by atoms with van der Waals surface area (Å²) in [5.74, 6) is 0. The third-order valence-corrected chi connectivity index (χ3v) is 3.58. The van der Waals surface area contributed by atoms with Gasteiger partial charge in [0.25, 0.3) is 0 Å². The monoisotopic (exact) mass is 303 g/mol. The molecule has 0 aliphatic carbocycles. The third kappa shape index (κ3) is 4.73. The third-order valence-electron chi connectivity index (χ3n) is 3.28.